The maximum atomic E-state index is 13.9. The van der Waals surface area contributed by atoms with Crippen molar-refractivity contribution in [1.82, 2.24) is 0 Å². The summed E-state index contributed by atoms with van der Waals surface area (Å²) in [5.74, 6) is -0.414. The van der Waals surface area contributed by atoms with E-state index in [0.717, 1.165) is 5.56 Å². The fourth-order valence-corrected chi connectivity index (χ4v) is 2.89. The van der Waals surface area contributed by atoms with Gasteiger partial charge in [0.2, 0.25) is 0 Å². The number of rotatable bonds is 2. The molecule has 2 aromatic rings. The molecule has 0 heterocycles. The van der Waals surface area contributed by atoms with Crippen LogP contribution in [0, 0.1) is 5.82 Å². The van der Waals surface area contributed by atoms with Gasteiger partial charge in [-0.15, -0.1) is 11.6 Å². The molecule has 0 radical (unpaired) electrons. The second-order valence-electron chi connectivity index (χ2n) is 3.82. The Kier molecular flexibility index (Phi) is 5.18. The second kappa shape index (κ2) is 6.31. The molecule has 1 unspecified atom stereocenters. The molecule has 0 aliphatic carbocycles. The molecule has 0 aromatic heterocycles. The monoisotopic (exact) mass is 444 g/mol. The van der Waals surface area contributed by atoms with Gasteiger partial charge in [-0.2, -0.15) is 0 Å². The Labute approximate surface area is 142 Å². The Balaban J connectivity index is 2.46. The van der Waals surface area contributed by atoms with Gasteiger partial charge in [-0.25, -0.2) is 4.39 Å². The van der Waals surface area contributed by atoms with Gasteiger partial charge >= 0.3 is 0 Å². The first-order chi connectivity index (χ1) is 8.90. The van der Waals surface area contributed by atoms with E-state index < -0.39 is 11.2 Å². The lowest BCUT2D eigenvalue weighted by Gasteiger charge is -2.13. The number of alkyl halides is 1. The quantitative estimate of drug-likeness (QED) is 0.344. The van der Waals surface area contributed by atoms with E-state index in [0.29, 0.717) is 24.6 Å². The Morgan fingerprint density at radius 2 is 1.58 bits per heavy atom. The summed E-state index contributed by atoms with van der Waals surface area (Å²) in [5.41, 5.74) is 1.05. The molecule has 19 heavy (non-hydrogen) atoms. The number of benzene rings is 2. The molecule has 1 atom stereocenters. The van der Waals surface area contributed by atoms with E-state index in [1.807, 2.05) is 0 Å². The van der Waals surface area contributed by atoms with Crippen LogP contribution in [0.1, 0.15) is 16.5 Å². The number of hydrogen-bond acceptors (Lipinski definition) is 0. The SMILES string of the molecule is Fc1cc(Br)c(Cl)cc1C(Cl)c1ccc(Cl)c(Br)c1. The molecule has 100 valence electrons. The molecule has 0 amide bonds. The molecule has 2 rings (SSSR count). The maximum Gasteiger partial charge on any atom is 0.129 e. The van der Waals surface area contributed by atoms with Gasteiger partial charge in [-0.1, -0.05) is 29.3 Å². The molecule has 0 N–H and O–H groups in total. The van der Waals surface area contributed by atoms with E-state index in [4.69, 9.17) is 34.8 Å². The third kappa shape index (κ3) is 3.45. The molecule has 0 aliphatic rings. The Hall–Kier alpha value is 0.200. The molecule has 0 saturated carbocycles. The first-order valence-electron chi connectivity index (χ1n) is 5.13. The molecular weight excluding hydrogens is 441 g/mol. The number of hydrogen-bond donors (Lipinski definition) is 0. The van der Waals surface area contributed by atoms with Crippen LogP contribution in [0.2, 0.25) is 10.0 Å². The van der Waals surface area contributed by atoms with Gasteiger partial charge in [0.15, 0.2) is 0 Å². The van der Waals surface area contributed by atoms with Crippen molar-refractivity contribution >= 4 is 66.7 Å². The Bertz CT molecular complexity index is 632. The third-order valence-corrected chi connectivity index (χ3v) is 5.45. The molecule has 0 fully saturated rings. The van der Waals surface area contributed by atoms with Crippen LogP contribution in [-0.2, 0) is 0 Å². The maximum absolute atomic E-state index is 13.9. The van der Waals surface area contributed by atoms with E-state index in [1.54, 1.807) is 18.2 Å². The summed E-state index contributed by atoms with van der Waals surface area (Å²) in [7, 11) is 0. The van der Waals surface area contributed by atoms with Gasteiger partial charge in [-0.3, -0.25) is 0 Å². The van der Waals surface area contributed by atoms with Gasteiger partial charge in [-0.05, 0) is 61.7 Å². The lowest BCUT2D eigenvalue weighted by Crippen LogP contribution is -1.98. The van der Waals surface area contributed by atoms with Gasteiger partial charge in [0, 0.05) is 14.5 Å². The molecule has 0 saturated heterocycles. The van der Waals surface area contributed by atoms with Crippen LogP contribution in [0.25, 0.3) is 0 Å². The van der Waals surface area contributed by atoms with Crippen molar-refractivity contribution in [3.05, 3.63) is 66.3 Å². The van der Waals surface area contributed by atoms with Gasteiger partial charge in [0.05, 0.1) is 15.4 Å². The highest BCUT2D eigenvalue weighted by atomic mass is 79.9. The highest BCUT2D eigenvalue weighted by molar-refractivity contribution is 9.10. The van der Waals surface area contributed by atoms with Crippen LogP contribution in [0.15, 0.2) is 39.3 Å². The van der Waals surface area contributed by atoms with Crippen LogP contribution in [0.3, 0.4) is 0 Å². The van der Waals surface area contributed by atoms with Crippen LogP contribution in [0.4, 0.5) is 4.39 Å². The highest BCUT2D eigenvalue weighted by Crippen LogP contribution is 2.37. The Morgan fingerprint density at radius 1 is 0.947 bits per heavy atom. The zero-order chi connectivity index (χ0) is 14.2. The first-order valence-corrected chi connectivity index (χ1v) is 7.91. The van der Waals surface area contributed by atoms with Gasteiger partial charge < -0.3 is 0 Å². The van der Waals surface area contributed by atoms with E-state index in [-0.39, 0.29) is 0 Å². The fraction of sp³-hybridized carbons (Fsp3) is 0.0769. The summed E-state index contributed by atoms with van der Waals surface area (Å²) in [6.45, 7) is 0. The van der Waals surface area contributed by atoms with Crippen molar-refractivity contribution in [3.63, 3.8) is 0 Å². The summed E-state index contributed by atoms with van der Waals surface area (Å²) in [5, 5.41) is 0.344. The summed E-state index contributed by atoms with van der Waals surface area (Å²) in [6, 6.07) is 8.03. The van der Waals surface area contributed by atoms with E-state index in [2.05, 4.69) is 31.9 Å². The molecule has 0 spiro atoms. The molecule has 0 aliphatic heterocycles. The lowest BCUT2D eigenvalue weighted by molar-refractivity contribution is 0.611. The minimum absolute atomic E-state index is 0.323. The second-order valence-corrected chi connectivity index (χ2v) is 6.78. The van der Waals surface area contributed by atoms with Crippen LogP contribution in [0.5, 0.6) is 0 Å². The lowest BCUT2D eigenvalue weighted by atomic mass is 10.0. The fourth-order valence-electron chi connectivity index (χ4n) is 1.58. The average molecular weight is 447 g/mol. The zero-order valence-electron chi connectivity index (χ0n) is 9.23. The number of halogens is 6. The van der Waals surface area contributed by atoms with Gasteiger partial charge in [0.1, 0.15) is 5.82 Å². The Morgan fingerprint density at radius 3 is 2.21 bits per heavy atom. The van der Waals surface area contributed by atoms with Crippen molar-refractivity contribution in [2.75, 3.05) is 0 Å². The normalized spacial score (nSPS) is 12.5. The van der Waals surface area contributed by atoms with Crippen molar-refractivity contribution in [1.29, 1.82) is 0 Å². The molecule has 0 nitrogen and oxygen atoms in total. The zero-order valence-corrected chi connectivity index (χ0v) is 14.7. The van der Waals surface area contributed by atoms with Crippen molar-refractivity contribution in [3.8, 4) is 0 Å². The standard InChI is InChI=1S/C13H6Br2Cl3F/c14-8-3-6(1-2-10(8)16)13(18)7-4-11(17)9(15)5-12(7)19/h1-5,13H. The van der Waals surface area contributed by atoms with Crippen molar-refractivity contribution in [2.24, 2.45) is 0 Å². The summed E-state index contributed by atoms with van der Waals surface area (Å²) in [4.78, 5) is 0. The predicted molar refractivity (Wildman–Crippen MR) is 86.0 cm³/mol. The molecule has 2 aromatic carbocycles. The summed E-state index contributed by atoms with van der Waals surface area (Å²) in [6.07, 6.45) is 0. The molecule has 0 bridgehead atoms. The van der Waals surface area contributed by atoms with Crippen molar-refractivity contribution in [2.45, 2.75) is 5.38 Å². The first kappa shape index (κ1) is 15.6. The smallest absolute Gasteiger partial charge is 0.129 e. The van der Waals surface area contributed by atoms with E-state index in [1.165, 1.54) is 12.1 Å². The summed E-state index contributed by atoms with van der Waals surface area (Å²) < 4.78 is 15.1. The largest absolute Gasteiger partial charge is 0.207 e. The minimum atomic E-state index is -0.640. The molecular formula is C13H6Br2Cl3F. The van der Waals surface area contributed by atoms with E-state index >= 15 is 0 Å². The van der Waals surface area contributed by atoms with Crippen LogP contribution < -0.4 is 0 Å². The van der Waals surface area contributed by atoms with Crippen molar-refractivity contribution < 1.29 is 4.39 Å². The van der Waals surface area contributed by atoms with Gasteiger partial charge in [0.25, 0.3) is 0 Å². The summed E-state index contributed by atoms with van der Waals surface area (Å²) >= 11 is 24.7. The third-order valence-electron chi connectivity index (χ3n) is 2.55. The van der Waals surface area contributed by atoms with E-state index in [9.17, 15) is 4.39 Å². The van der Waals surface area contributed by atoms with Crippen LogP contribution >= 0.6 is 66.7 Å². The topological polar surface area (TPSA) is 0 Å². The molecule has 6 heteroatoms. The minimum Gasteiger partial charge on any atom is -0.207 e. The van der Waals surface area contributed by atoms with Crippen LogP contribution in [-0.4, -0.2) is 0 Å². The average Bonchev–Trinajstić information content (AvgIpc) is 2.36. The highest BCUT2D eigenvalue weighted by Gasteiger charge is 2.18. The predicted octanol–water partition coefficient (Wildman–Crippen LogP) is 6.99.